The Kier molecular flexibility index (Phi) is 11.7. The zero-order valence-electron chi connectivity index (χ0n) is 18.2. The van der Waals surface area contributed by atoms with Gasteiger partial charge in [0.1, 0.15) is 0 Å². The fourth-order valence-electron chi connectivity index (χ4n) is 3.46. The maximum atomic E-state index is 10.6. The first kappa shape index (κ1) is 24.6. The molecule has 2 aromatic rings. The van der Waals surface area contributed by atoms with E-state index in [9.17, 15) is 4.57 Å². The maximum absolute atomic E-state index is 10.6. The van der Waals surface area contributed by atoms with E-state index < -0.39 is 8.25 Å². The summed E-state index contributed by atoms with van der Waals surface area (Å²) in [5.74, 6) is 6.69. The van der Waals surface area contributed by atoms with Gasteiger partial charge in [0.15, 0.2) is 0 Å². The van der Waals surface area contributed by atoms with Crippen molar-refractivity contribution in [1.82, 2.24) is 10.3 Å². The number of hydrogen-bond donors (Lipinski definition) is 2. The Hall–Kier alpha value is -1.70. The van der Waals surface area contributed by atoms with E-state index in [0.29, 0.717) is 13.0 Å². The monoisotopic (exact) mass is 430 g/mol. The highest BCUT2D eigenvalue weighted by molar-refractivity contribution is 7.32. The van der Waals surface area contributed by atoms with Gasteiger partial charge in [-0.2, -0.15) is 0 Å². The largest absolute Gasteiger partial charge is 0.326 e. The molecule has 0 saturated heterocycles. The third-order valence-corrected chi connectivity index (χ3v) is 5.59. The second-order valence-corrected chi connectivity index (χ2v) is 8.39. The quantitative estimate of drug-likeness (QED) is 0.240. The molecule has 1 heterocycles. The molecule has 2 rings (SSSR count). The third kappa shape index (κ3) is 8.58. The zero-order valence-corrected chi connectivity index (χ0v) is 19.2. The molecule has 2 unspecified atom stereocenters. The smallest absolute Gasteiger partial charge is 0.316 e. The number of rotatable bonds is 13. The van der Waals surface area contributed by atoms with E-state index in [-0.39, 0.29) is 12.6 Å². The van der Waals surface area contributed by atoms with E-state index in [0.717, 1.165) is 28.5 Å². The van der Waals surface area contributed by atoms with Crippen LogP contribution in [0.3, 0.4) is 0 Å². The van der Waals surface area contributed by atoms with Crippen molar-refractivity contribution in [2.45, 2.75) is 71.3 Å². The van der Waals surface area contributed by atoms with Gasteiger partial charge < -0.3 is 14.7 Å². The Morgan fingerprint density at radius 1 is 1.17 bits per heavy atom. The van der Waals surface area contributed by atoms with Crippen molar-refractivity contribution in [3.63, 3.8) is 0 Å². The number of unbranched alkanes of at least 4 members (excludes halogenated alkanes) is 6. The molecule has 164 valence electrons. The molecule has 0 spiro atoms. The fourth-order valence-corrected chi connectivity index (χ4v) is 3.78. The lowest BCUT2D eigenvalue weighted by Gasteiger charge is -2.16. The topological polar surface area (TPSA) is 71.5 Å². The minimum absolute atomic E-state index is 0.110. The van der Waals surface area contributed by atoms with Gasteiger partial charge in [0, 0.05) is 29.6 Å². The van der Waals surface area contributed by atoms with Crippen LogP contribution in [0.1, 0.15) is 82.4 Å². The number of hydrogen-bond acceptors (Lipinski definition) is 4. The van der Waals surface area contributed by atoms with Crippen LogP contribution in [0.15, 0.2) is 30.5 Å². The molecule has 0 amide bonds. The van der Waals surface area contributed by atoms with Gasteiger partial charge in [0.2, 0.25) is 0 Å². The summed E-state index contributed by atoms with van der Waals surface area (Å²) in [4.78, 5) is 13.3. The lowest BCUT2D eigenvalue weighted by atomic mass is 9.99. The average molecular weight is 431 g/mol. The summed E-state index contributed by atoms with van der Waals surface area (Å²) in [6.07, 6.45) is 11.1. The molecule has 0 aliphatic rings. The van der Waals surface area contributed by atoms with Crippen LogP contribution in [0.2, 0.25) is 0 Å². The van der Waals surface area contributed by atoms with Gasteiger partial charge in [-0.1, -0.05) is 63.0 Å². The molecule has 1 aromatic heterocycles. The average Bonchev–Trinajstić information content (AvgIpc) is 2.75. The Morgan fingerprint density at radius 2 is 1.97 bits per heavy atom. The van der Waals surface area contributed by atoms with E-state index in [4.69, 9.17) is 9.42 Å². The molecule has 1 aromatic carbocycles. The SMILES string of the molecule is CCCCCCCCC#Cc1ccc(C(C)NCCCO[PH](=O)O)c2ncccc12. The Bertz CT molecular complexity index is 860. The fraction of sp³-hybridized carbons (Fsp3) is 0.542. The lowest BCUT2D eigenvalue weighted by molar-refractivity contribution is 0.275. The molecule has 0 aliphatic heterocycles. The Labute approximate surface area is 181 Å². The van der Waals surface area contributed by atoms with Crippen LogP contribution >= 0.6 is 8.25 Å². The number of benzene rings is 1. The van der Waals surface area contributed by atoms with Crippen LogP contribution in [0.4, 0.5) is 0 Å². The summed E-state index contributed by atoms with van der Waals surface area (Å²) >= 11 is 0. The third-order valence-electron chi connectivity index (χ3n) is 5.14. The first-order chi connectivity index (χ1) is 14.6. The van der Waals surface area contributed by atoms with Gasteiger partial charge in [-0.25, -0.2) is 0 Å². The van der Waals surface area contributed by atoms with Crippen molar-refractivity contribution in [3.05, 3.63) is 41.6 Å². The molecule has 0 bridgehead atoms. The summed E-state index contributed by atoms with van der Waals surface area (Å²) in [6.45, 7) is 5.32. The molecule has 0 radical (unpaired) electrons. The molecular weight excluding hydrogens is 395 g/mol. The van der Waals surface area contributed by atoms with Gasteiger partial charge >= 0.3 is 8.25 Å². The molecular formula is C24H35N2O3P. The van der Waals surface area contributed by atoms with Crippen LogP contribution in [0.5, 0.6) is 0 Å². The summed E-state index contributed by atoms with van der Waals surface area (Å²) in [7, 11) is -2.84. The first-order valence-electron chi connectivity index (χ1n) is 11.1. The summed E-state index contributed by atoms with van der Waals surface area (Å²) in [5, 5.41) is 4.52. The van der Waals surface area contributed by atoms with E-state index in [1.165, 1.54) is 38.5 Å². The minimum Gasteiger partial charge on any atom is -0.326 e. The van der Waals surface area contributed by atoms with Crippen molar-refractivity contribution in [2.24, 2.45) is 0 Å². The van der Waals surface area contributed by atoms with Gasteiger partial charge in [0.25, 0.3) is 0 Å². The summed E-state index contributed by atoms with van der Waals surface area (Å²) in [6, 6.07) is 8.34. The first-order valence-corrected chi connectivity index (χ1v) is 12.4. The predicted molar refractivity (Wildman–Crippen MR) is 125 cm³/mol. The number of pyridine rings is 1. The van der Waals surface area contributed by atoms with Crippen molar-refractivity contribution in [2.75, 3.05) is 13.2 Å². The van der Waals surface area contributed by atoms with Crippen LogP contribution in [-0.4, -0.2) is 23.0 Å². The zero-order chi connectivity index (χ0) is 21.6. The van der Waals surface area contributed by atoms with E-state index in [2.05, 4.69) is 54.2 Å². The molecule has 0 aliphatic carbocycles. The number of nitrogens with one attached hydrogen (secondary N) is 1. The predicted octanol–water partition coefficient (Wildman–Crippen LogP) is 5.78. The Morgan fingerprint density at radius 3 is 2.77 bits per heavy atom. The molecule has 2 N–H and O–H groups in total. The second-order valence-electron chi connectivity index (χ2n) is 7.57. The van der Waals surface area contributed by atoms with Gasteiger partial charge in [-0.15, -0.1) is 0 Å². The molecule has 5 nitrogen and oxygen atoms in total. The second kappa shape index (κ2) is 14.3. The molecule has 6 heteroatoms. The van der Waals surface area contributed by atoms with Gasteiger partial charge in [0.05, 0.1) is 12.1 Å². The van der Waals surface area contributed by atoms with Crippen molar-refractivity contribution in [1.29, 1.82) is 0 Å². The molecule has 0 fully saturated rings. The van der Waals surface area contributed by atoms with Crippen LogP contribution in [0, 0.1) is 11.8 Å². The summed E-state index contributed by atoms with van der Waals surface area (Å²) in [5.41, 5.74) is 3.13. The van der Waals surface area contributed by atoms with Crippen LogP contribution in [0.25, 0.3) is 10.9 Å². The number of fused-ring (bicyclic) bond motifs is 1. The van der Waals surface area contributed by atoms with E-state index in [1.807, 2.05) is 12.3 Å². The van der Waals surface area contributed by atoms with E-state index >= 15 is 0 Å². The summed E-state index contributed by atoms with van der Waals surface area (Å²) < 4.78 is 15.3. The van der Waals surface area contributed by atoms with Gasteiger partial charge in [-0.05, 0) is 44.0 Å². The Balaban J connectivity index is 1.96. The molecule has 30 heavy (non-hydrogen) atoms. The highest BCUT2D eigenvalue weighted by atomic mass is 31.1. The van der Waals surface area contributed by atoms with E-state index in [1.54, 1.807) is 0 Å². The highest BCUT2D eigenvalue weighted by Gasteiger charge is 2.11. The minimum atomic E-state index is -2.84. The van der Waals surface area contributed by atoms with Crippen molar-refractivity contribution in [3.8, 4) is 11.8 Å². The molecule has 2 atom stereocenters. The van der Waals surface area contributed by atoms with Crippen LogP contribution < -0.4 is 5.32 Å². The number of nitrogens with zero attached hydrogens (tertiary/aromatic N) is 1. The highest BCUT2D eigenvalue weighted by Crippen LogP contribution is 2.25. The molecule has 0 saturated carbocycles. The van der Waals surface area contributed by atoms with Crippen LogP contribution in [-0.2, 0) is 9.09 Å². The number of aromatic nitrogens is 1. The normalized spacial score (nSPS) is 13.0. The maximum Gasteiger partial charge on any atom is 0.316 e. The van der Waals surface area contributed by atoms with Crippen molar-refractivity contribution < 1.29 is 14.0 Å². The van der Waals surface area contributed by atoms with Gasteiger partial charge in [-0.3, -0.25) is 9.55 Å². The standard InChI is InChI=1S/C24H35N2O3P/c1-3-4-5-6-7-8-9-10-13-21-15-16-22(24-23(21)14-11-17-26-24)20(2)25-18-12-19-29-30(27)28/h11,14-17,20,25,30H,3-9,12,18-19H2,1-2H3,(H,27,28). The van der Waals surface area contributed by atoms with Crippen molar-refractivity contribution >= 4 is 19.2 Å². The lowest BCUT2D eigenvalue weighted by Crippen LogP contribution is -2.21.